The number of hydrogen-bond acceptors (Lipinski definition) is 3. The Kier molecular flexibility index (Phi) is 6.52. The van der Waals surface area contributed by atoms with Crippen LogP contribution in [0.15, 0.2) is 66.7 Å². The van der Waals surface area contributed by atoms with E-state index in [1.807, 2.05) is 43.3 Å². The first-order valence-corrected chi connectivity index (χ1v) is 9.43. The number of benzene rings is 3. The zero-order valence-electron chi connectivity index (χ0n) is 16.2. The van der Waals surface area contributed by atoms with Crippen LogP contribution in [0.5, 0.6) is 5.75 Å². The van der Waals surface area contributed by atoms with E-state index in [2.05, 4.69) is 10.6 Å². The number of methoxy groups -OCH3 is 1. The lowest BCUT2D eigenvalue weighted by molar-refractivity contribution is -0.115. The molecule has 3 aromatic carbocycles. The number of hydrogen-bond donors (Lipinski definition) is 2. The van der Waals surface area contributed by atoms with Gasteiger partial charge >= 0.3 is 0 Å². The Balaban J connectivity index is 1.70. The van der Waals surface area contributed by atoms with E-state index in [0.717, 1.165) is 22.6 Å². The zero-order chi connectivity index (χ0) is 20.8. The van der Waals surface area contributed by atoms with Gasteiger partial charge in [0.2, 0.25) is 5.91 Å². The SMILES string of the molecule is COc1ccc(CC(=O)Nc2cc(C(=O)Nc3ccccc3C)ccc2Cl)cc1. The van der Waals surface area contributed by atoms with Crippen LogP contribution < -0.4 is 15.4 Å². The van der Waals surface area contributed by atoms with Crippen molar-refractivity contribution in [3.05, 3.63) is 88.4 Å². The van der Waals surface area contributed by atoms with Gasteiger partial charge in [0.15, 0.2) is 0 Å². The van der Waals surface area contributed by atoms with Gasteiger partial charge in [0, 0.05) is 11.3 Å². The lowest BCUT2D eigenvalue weighted by Gasteiger charge is -2.11. The highest BCUT2D eigenvalue weighted by molar-refractivity contribution is 6.34. The summed E-state index contributed by atoms with van der Waals surface area (Å²) in [5.74, 6) is 0.222. The fraction of sp³-hybridized carbons (Fsp3) is 0.130. The summed E-state index contributed by atoms with van der Waals surface area (Å²) in [5.41, 5.74) is 3.33. The number of carbonyl (C=O) groups is 2. The standard InChI is InChI=1S/C23H21ClN2O3/c1-15-5-3-4-6-20(15)26-23(28)17-9-12-19(24)21(14-17)25-22(27)13-16-7-10-18(29-2)11-8-16/h3-12,14H,13H2,1-2H3,(H,25,27)(H,26,28). The van der Waals surface area contributed by atoms with Gasteiger partial charge in [0.1, 0.15) is 5.75 Å². The second-order valence-electron chi connectivity index (χ2n) is 6.54. The average Bonchev–Trinajstić information content (AvgIpc) is 2.72. The van der Waals surface area contributed by atoms with Crippen LogP contribution in [-0.4, -0.2) is 18.9 Å². The van der Waals surface area contributed by atoms with Crippen LogP contribution in [0, 0.1) is 6.92 Å². The lowest BCUT2D eigenvalue weighted by Crippen LogP contribution is -2.16. The Morgan fingerprint density at radius 2 is 1.66 bits per heavy atom. The maximum absolute atomic E-state index is 12.6. The Bertz CT molecular complexity index is 1030. The normalized spacial score (nSPS) is 10.3. The number of nitrogens with one attached hydrogen (secondary N) is 2. The quantitative estimate of drug-likeness (QED) is 0.597. The number of aryl methyl sites for hydroxylation is 1. The average molecular weight is 409 g/mol. The second kappa shape index (κ2) is 9.26. The van der Waals surface area contributed by atoms with Gasteiger partial charge in [-0.1, -0.05) is 41.9 Å². The summed E-state index contributed by atoms with van der Waals surface area (Å²) in [4.78, 5) is 25.0. The summed E-state index contributed by atoms with van der Waals surface area (Å²) in [6, 6.07) is 19.5. The van der Waals surface area contributed by atoms with E-state index in [9.17, 15) is 9.59 Å². The molecule has 0 saturated carbocycles. The second-order valence-corrected chi connectivity index (χ2v) is 6.94. The minimum Gasteiger partial charge on any atom is -0.497 e. The highest BCUT2D eigenvalue weighted by atomic mass is 35.5. The third-order valence-corrected chi connectivity index (χ3v) is 4.75. The summed E-state index contributed by atoms with van der Waals surface area (Å²) >= 11 is 6.21. The molecule has 2 N–H and O–H groups in total. The fourth-order valence-corrected chi connectivity index (χ4v) is 2.96. The lowest BCUT2D eigenvalue weighted by atomic mass is 10.1. The molecule has 0 fully saturated rings. The molecule has 0 aliphatic heterocycles. The minimum atomic E-state index is -0.276. The maximum Gasteiger partial charge on any atom is 0.255 e. The number of ether oxygens (including phenoxy) is 1. The number of halogens is 1. The third-order valence-electron chi connectivity index (χ3n) is 4.42. The number of carbonyl (C=O) groups excluding carboxylic acids is 2. The van der Waals surface area contributed by atoms with Crippen LogP contribution in [-0.2, 0) is 11.2 Å². The molecule has 0 heterocycles. The Labute approximate surface area is 174 Å². The van der Waals surface area contributed by atoms with E-state index in [1.54, 1.807) is 37.4 Å². The zero-order valence-corrected chi connectivity index (χ0v) is 16.9. The molecule has 0 aliphatic rings. The first kappa shape index (κ1) is 20.4. The number of rotatable bonds is 6. The predicted molar refractivity (Wildman–Crippen MR) is 116 cm³/mol. The summed E-state index contributed by atoms with van der Waals surface area (Å²) in [6.07, 6.45) is 0.181. The van der Waals surface area contributed by atoms with Gasteiger partial charge in [-0.2, -0.15) is 0 Å². The third kappa shape index (κ3) is 5.36. The molecular weight excluding hydrogens is 388 g/mol. The van der Waals surface area contributed by atoms with Gasteiger partial charge in [-0.15, -0.1) is 0 Å². The first-order valence-electron chi connectivity index (χ1n) is 9.05. The van der Waals surface area contributed by atoms with Crippen molar-refractivity contribution in [2.75, 3.05) is 17.7 Å². The van der Waals surface area contributed by atoms with Crippen LogP contribution in [0.25, 0.3) is 0 Å². The summed E-state index contributed by atoms with van der Waals surface area (Å²) in [7, 11) is 1.59. The monoisotopic (exact) mass is 408 g/mol. The van der Waals surface area contributed by atoms with Crippen molar-refractivity contribution in [1.29, 1.82) is 0 Å². The van der Waals surface area contributed by atoms with Crippen molar-refractivity contribution < 1.29 is 14.3 Å². The van der Waals surface area contributed by atoms with Gasteiger partial charge in [0.05, 0.1) is 24.2 Å². The highest BCUT2D eigenvalue weighted by Gasteiger charge is 2.13. The van der Waals surface area contributed by atoms with Crippen molar-refractivity contribution in [2.45, 2.75) is 13.3 Å². The molecule has 0 radical (unpaired) electrons. The summed E-state index contributed by atoms with van der Waals surface area (Å²) in [5, 5.41) is 6.01. The largest absolute Gasteiger partial charge is 0.497 e. The van der Waals surface area contributed by atoms with Crippen molar-refractivity contribution >= 4 is 34.8 Å². The Morgan fingerprint density at radius 1 is 0.931 bits per heavy atom. The number of para-hydroxylation sites is 1. The Hall–Kier alpha value is -3.31. The van der Waals surface area contributed by atoms with E-state index in [-0.39, 0.29) is 18.2 Å². The van der Waals surface area contributed by atoms with E-state index >= 15 is 0 Å². The number of amides is 2. The summed E-state index contributed by atoms with van der Waals surface area (Å²) < 4.78 is 5.12. The van der Waals surface area contributed by atoms with Crippen LogP contribution in [0.1, 0.15) is 21.5 Å². The number of anilines is 2. The van der Waals surface area contributed by atoms with E-state index < -0.39 is 0 Å². The van der Waals surface area contributed by atoms with Gasteiger partial charge in [-0.25, -0.2) is 0 Å². The van der Waals surface area contributed by atoms with E-state index in [1.165, 1.54) is 0 Å². The molecule has 0 atom stereocenters. The van der Waals surface area contributed by atoms with Crippen molar-refractivity contribution in [3.8, 4) is 5.75 Å². The molecule has 0 aromatic heterocycles. The molecule has 0 saturated heterocycles. The molecule has 0 spiro atoms. The molecule has 0 aliphatic carbocycles. The van der Waals surface area contributed by atoms with Crippen molar-refractivity contribution in [1.82, 2.24) is 0 Å². The highest BCUT2D eigenvalue weighted by Crippen LogP contribution is 2.24. The molecule has 148 valence electrons. The van der Waals surface area contributed by atoms with Crippen LogP contribution in [0.3, 0.4) is 0 Å². The molecule has 6 heteroatoms. The van der Waals surface area contributed by atoms with Gasteiger partial charge in [0.25, 0.3) is 5.91 Å². The molecule has 2 amide bonds. The molecule has 5 nitrogen and oxygen atoms in total. The van der Waals surface area contributed by atoms with Gasteiger partial charge < -0.3 is 15.4 Å². The van der Waals surface area contributed by atoms with Crippen LogP contribution >= 0.6 is 11.6 Å². The minimum absolute atomic E-state index is 0.181. The smallest absolute Gasteiger partial charge is 0.255 e. The Morgan fingerprint density at radius 3 is 2.34 bits per heavy atom. The van der Waals surface area contributed by atoms with Crippen molar-refractivity contribution in [2.24, 2.45) is 0 Å². The summed E-state index contributed by atoms with van der Waals surface area (Å²) in [6.45, 7) is 1.92. The first-order chi connectivity index (χ1) is 14.0. The van der Waals surface area contributed by atoms with Crippen molar-refractivity contribution in [3.63, 3.8) is 0 Å². The van der Waals surface area contributed by atoms with Gasteiger partial charge in [-0.05, 0) is 54.4 Å². The fourth-order valence-electron chi connectivity index (χ4n) is 2.79. The molecule has 0 bridgehead atoms. The maximum atomic E-state index is 12.6. The molecule has 0 unspecified atom stereocenters. The van der Waals surface area contributed by atoms with Crippen LogP contribution in [0.2, 0.25) is 5.02 Å². The van der Waals surface area contributed by atoms with Crippen LogP contribution in [0.4, 0.5) is 11.4 Å². The van der Waals surface area contributed by atoms with E-state index in [0.29, 0.717) is 16.3 Å². The molecule has 3 aromatic rings. The molecular formula is C23H21ClN2O3. The predicted octanol–water partition coefficient (Wildman–Crippen LogP) is 5.09. The van der Waals surface area contributed by atoms with E-state index in [4.69, 9.17) is 16.3 Å². The van der Waals surface area contributed by atoms with Gasteiger partial charge in [-0.3, -0.25) is 9.59 Å². The topological polar surface area (TPSA) is 67.4 Å². The molecule has 3 rings (SSSR count). The molecule has 29 heavy (non-hydrogen) atoms.